The van der Waals surface area contributed by atoms with Crippen LogP contribution < -0.4 is 4.74 Å². The highest BCUT2D eigenvalue weighted by Crippen LogP contribution is 2.10. The molecule has 0 fully saturated rings. The van der Waals surface area contributed by atoms with Crippen molar-refractivity contribution < 1.29 is 14.3 Å². The fraction of sp³-hybridized carbons (Fsp3) is 0.400. The van der Waals surface area contributed by atoms with E-state index in [-0.39, 0.29) is 5.69 Å². The van der Waals surface area contributed by atoms with E-state index in [1.54, 1.807) is 11.6 Å². The van der Waals surface area contributed by atoms with Crippen LogP contribution in [0.1, 0.15) is 29.5 Å². The normalized spacial score (nSPS) is 10.4. The number of benzene rings is 1. The molecular weight excluding hydrogens is 270 g/mol. The van der Waals surface area contributed by atoms with Crippen LogP contribution in [0.15, 0.2) is 30.3 Å². The lowest BCUT2D eigenvalue weighted by molar-refractivity contribution is 0.0518. The molecule has 0 bridgehead atoms. The van der Waals surface area contributed by atoms with Crippen LogP contribution >= 0.6 is 0 Å². The summed E-state index contributed by atoms with van der Waals surface area (Å²) in [6.07, 6.45) is 0.779. The van der Waals surface area contributed by atoms with Gasteiger partial charge in [0.2, 0.25) is 0 Å². The monoisotopic (exact) mass is 289 g/mol. The quantitative estimate of drug-likeness (QED) is 0.577. The van der Waals surface area contributed by atoms with Crippen molar-refractivity contribution in [3.63, 3.8) is 0 Å². The lowest BCUT2D eigenvalue weighted by atomic mass is 10.3. The van der Waals surface area contributed by atoms with Crippen LogP contribution in [-0.2, 0) is 11.3 Å². The van der Waals surface area contributed by atoms with E-state index in [0.717, 1.165) is 12.2 Å². The van der Waals surface area contributed by atoms with Crippen molar-refractivity contribution in [2.24, 2.45) is 0 Å². The van der Waals surface area contributed by atoms with E-state index >= 15 is 0 Å². The van der Waals surface area contributed by atoms with Crippen molar-refractivity contribution in [2.75, 3.05) is 13.2 Å². The van der Waals surface area contributed by atoms with Crippen LogP contribution in [0.3, 0.4) is 0 Å². The van der Waals surface area contributed by atoms with Crippen LogP contribution in [0.4, 0.5) is 0 Å². The molecule has 0 aliphatic carbocycles. The second kappa shape index (κ2) is 7.42. The highest BCUT2D eigenvalue weighted by Gasteiger charge is 2.17. The molecule has 0 aliphatic heterocycles. The first-order valence-corrected chi connectivity index (χ1v) is 6.97. The average Bonchev–Trinajstić information content (AvgIpc) is 2.86. The molecular formula is C15H19N3O3. The molecule has 0 spiro atoms. The fourth-order valence-corrected chi connectivity index (χ4v) is 1.88. The van der Waals surface area contributed by atoms with Gasteiger partial charge in [-0.15, -0.1) is 5.10 Å². The second-order valence-corrected chi connectivity index (χ2v) is 4.48. The molecule has 21 heavy (non-hydrogen) atoms. The summed E-state index contributed by atoms with van der Waals surface area (Å²) in [5, 5.41) is 7.84. The molecule has 1 aromatic carbocycles. The Kier molecular flexibility index (Phi) is 5.31. The van der Waals surface area contributed by atoms with E-state index in [0.29, 0.717) is 25.5 Å². The predicted molar refractivity (Wildman–Crippen MR) is 77.3 cm³/mol. The number of ether oxygens (including phenoxy) is 2. The molecule has 2 aromatic rings. The Hall–Kier alpha value is -2.37. The minimum Gasteiger partial charge on any atom is -0.494 e. The maximum Gasteiger partial charge on any atom is 0.360 e. The van der Waals surface area contributed by atoms with Crippen molar-refractivity contribution in [3.05, 3.63) is 41.7 Å². The van der Waals surface area contributed by atoms with Gasteiger partial charge < -0.3 is 9.47 Å². The third-order valence-electron chi connectivity index (χ3n) is 2.98. The highest BCUT2D eigenvalue weighted by atomic mass is 16.5. The van der Waals surface area contributed by atoms with Crippen LogP contribution in [-0.4, -0.2) is 34.2 Å². The highest BCUT2D eigenvalue weighted by molar-refractivity contribution is 5.88. The number of para-hydroxylation sites is 1. The molecule has 0 saturated heterocycles. The minimum absolute atomic E-state index is 0.279. The zero-order valence-electron chi connectivity index (χ0n) is 12.3. The van der Waals surface area contributed by atoms with E-state index in [9.17, 15) is 4.79 Å². The molecule has 0 unspecified atom stereocenters. The summed E-state index contributed by atoms with van der Waals surface area (Å²) in [6.45, 7) is 5.13. The number of nitrogens with zero attached hydrogens (tertiary/aromatic N) is 3. The van der Waals surface area contributed by atoms with Crippen molar-refractivity contribution >= 4 is 5.97 Å². The van der Waals surface area contributed by atoms with Gasteiger partial charge in [-0.1, -0.05) is 23.4 Å². The first-order valence-electron chi connectivity index (χ1n) is 6.97. The largest absolute Gasteiger partial charge is 0.494 e. The summed E-state index contributed by atoms with van der Waals surface area (Å²) in [5.74, 6) is 0.418. The zero-order chi connectivity index (χ0) is 15.1. The molecule has 1 aromatic heterocycles. The third kappa shape index (κ3) is 4.05. The standard InChI is InChI=1S/C15H19N3O3/c1-3-20-15(19)14-12(2)18(17-16-14)10-7-11-21-13-8-5-4-6-9-13/h4-6,8-9H,3,7,10-11H2,1-2H3. The van der Waals surface area contributed by atoms with Gasteiger partial charge in [-0.3, -0.25) is 0 Å². The maximum absolute atomic E-state index is 11.6. The number of hydrogen-bond donors (Lipinski definition) is 0. The summed E-state index contributed by atoms with van der Waals surface area (Å²) in [4.78, 5) is 11.6. The molecule has 1 heterocycles. The SMILES string of the molecule is CCOC(=O)c1nnn(CCCOc2ccccc2)c1C. The molecule has 0 aliphatic rings. The van der Waals surface area contributed by atoms with Gasteiger partial charge in [0.05, 0.1) is 18.9 Å². The summed E-state index contributed by atoms with van der Waals surface area (Å²) in [7, 11) is 0. The molecule has 112 valence electrons. The Bertz CT molecular complexity index is 581. The van der Waals surface area contributed by atoms with E-state index in [4.69, 9.17) is 9.47 Å². The van der Waals surface area contributed by atoms with Crippen LogP contribution in [0, 0.1) is 6.92 Å². The lowest BCUT2D eigenvalue weighted by Crippen LogP contribution is -2.10. The Morgan fingerprint density at radius 2 is 2.05 bits per heavy atom. The summed E-state index contributed by atoms with van der Waals surface area (Å²) < 4.78 is 12.2. The smallest absolute Gasteiger partial charge is 0.360 e. The molecule has 0 N–H and O–H groups in total. The van der Waals surface area contributed by atoms with Gasteiger partial charge in [-0.2, -0.15) is 0 Å². The first kappa shape index (κ1) is 15.0. The van der Waals surface area contributed by atoms with Crippen LogP contribution in [0.2, 0.25) is 0 Å². The van der Waals surface area contributed by atoms with Crippen molar-refractivity contribution in [1.82, 2.24) is 15.0 Å². The number of carbonyl (C=O) groups is 1. The van der Waals surface area contributed by atoms with Gasteiger partial charge in [-0.05, 0) is 26.0 Å². The fourth-order valence-electron chi connectivity index (χ4n) is 1.88. The van der Waals surface area contributed by atoms with Gasteiger partial charge in [-0.25, -0.2) is 9.48 Å². The predicted octanol–water partition coefficient (Wildman–Crippen LogP) is 2.23. The molecule has 0 atom stereocenters. The molecule has 0 amide bonds. The molecule has 6 heteroatoms. The van der Waals surface area contributed by atoms with E-state index in [1.165, 1.54) is 0 Å². The summed E-state index contributed by atoms with van der Waals surface area (Å²) in [6, 6.07) is 9.65. The third-order valence-corrected chi connectivity index (χ3v) is 2.98. The molecule has 2 rings (SSSR count). The van der Waals surface area contributed by atoms with E-state index < -0.39 is 5.97 Å². The Balaban J connectivity index is 1.82. The van der Waals surface area contributed by atoms with Crippen molar-refractivity contribution in [2.45, 2.75) is 26.8 Å². The number of rotatable bonds is 7. The molecule has 0 radical (unpaired) electrons. The Morgan fingerprint density at radius 3 is 2.76 bits per heavy atom. The number of esters is 1. The van der Waals surface area contributed by atoms with Gasteiger partial charge in [0.25, 0.3) is 0 Å². The van der Waals surface area contributed by atoms with Gasteiger partial charge in [0.1, 0.15) is 5.75 Å². The zero-order valence-corrected chi connectivity index (χ0v) is 12.3. The number of hydrogen-bond acceptors (Lipinski definition) is 5. The minimum atomic E-state index is -0.429. The number of aromatic nitrogens is 3. The average molecular weight is 289 g/mol. The van der Waals surface area contributed by atoms with Gasteiger partial charge in [0, 0.05) is 13.0 Å². The van der Waals surface area contributed by atoms with Gasteiger partial charge in [0.15, 0.2) is 5.69 Å². The van der Waals surface area contributed by atoms with Crippen molar-refractivity contribution in [3.8, 4) is 5.75 Å². The van der Waals surface area contributed by atoms with Crippen LogP contribution in [0.25, 0.3) is 0 Å². The van der Waals surface area contributed by atoms with E-state index in [2.05, 4.69) is 10.3 Å². The van der Waals surface area contributed by atoms with Crippen molar-refractivity contribution in [1.29, 1.82) is 0 Å². The molecule has 6 nitrogen and oxygen atoms in total. The lowest BCUT2D eigenvalue weighted by Gasteiger charge is -2.06. The first-order chi connectivity index (χ1) is 10.2. The van der Waals surface area contributed by atoms with E-state index in [1.807, 2.05) is 37.3 Å². The number of carbonyl (C=O) groups excluding carboxylic acids is 1. The topological polar surface area (TPSA) is 66.2 Å². The maximum atomic E-state index is 11.6. The summed E-state index contributed by atoms with van der Waals surface area (Å²) in [5.41, 5.74) is 0.994. The number of aryl methyl sites for hydroxylation is 1. The second-order valence-electron chi connectivity index (χ2n) is 4.48. The summed E-state index contributed by atoms with van der Waals surface area (Å²) >= 11 is 0. The Morgan fingerprint density at radius 1 is 1.29 bits per heavy atom. The Labute approximate surface area is 123 Å². The molecule has 0 saturated carbocycles. The van der Waals surface area contributed by atoms with Gasteiger partial charge >= 0.3 is 5.97 Å². The van der Waals surface area contributed by atoms with Crippen LogP contribution in [0.5, 0.6) is 5.75 Å².